The Morgan fingerprint density at radius 2 is 1.60 bits per heavy atom. The van der Waals surface area contributed by atoms with Crippen LogP contribution in [0, 0.1) is 0 Å². The van der Waals surface area contributed by atoms with Crippen LogP contribution in [-0.2, 0) is 9.47 Å². The molecule has 0 aromatic heterocycles. The van der Waals surface area contributed by atoms with Crippen molar-refractivity contribution in [1.82, 2.24) is 4.42 Å². The van der Waals surface area contributed by atoms with Gasteiger partial charge in [0.2, 0.25) is 5.29 Å². The van der Waals surface area contributed by atoms with Crippen molar-refractivity contribution in [3.05, 3.63) is 35.9 Å². The highest BCUT2D eigenvalue weighted by Gasteiger charge is 2.15. The third-order valence-corrected chi connectivity index (χ3v) is 3.00. The average Bonchev–Trinajstić information content (AvgIpc) is 2.53. The summed E-state index contributed by atoms with van der Waals surface area (Å²) in [5.74, 6) is 0.632. The normalized spacial score (nSPS) is 18.6. The molecule has 3 rings (SSSR count). The minimum absolute atomic E-state index is 0.237. The van der Waals surface area contributed by atoms with Crippen molar-refractivity contribution in [1.29, 1.82) is 0 Å². The monoisotopic (exact) mass is 315 g/mol. The minimum Gasteiger partial charge on any atom is -0.377 e. The van der Waals surface area contributed by atoms with Crippen LogP contribution < -0.4 is 0 Å². The first-order valence-electron chi connectivity index (χ1n) is 6.20. The molecule has 0 atom stereocenters. The SMILES string of the molecule is C1COCCO1.ClC1=NCN(Cl)C(c2ccccc2)=N1. The fraction of sp³-hybridized carbons (Fsp3) is 0.385. The molecule has 0 radical (unpaired) electrons. The summed E-state index contributed by atoms with van der Waals surface area (Å²) in [5, 5.41) is 0.237. The van der Waals surface area contributed by atoms with Gasteiger partial charge in [0.1, 0.15) is 6.67 Å². The number of rotatable bonds is 1. The zero-order valence-electron chi connectivity index (χ0n) is 10.8. The number of ether oxygens (including phenoxy) is 2. The molecule has 1 aromatic rings. The Morgan fingerprint density at radius 1 is 1.00 bits per heavy atom. The van der Waals surface area contributed by atoms with Gasteiger partial charge in [-0.3, -0.25) is 0 Å². The van der Waals surface area contributed by atoms with Crippen LogP contribution in [0.2, 0.25) is 0 Å². The lowest BCUT2D eigenvalue weighted by Gasteiger charge is -2.18. The molecule has 108 valence electrons. The van der Waals surface area contributed by atoms with E-state index in [9.17, 15) is 0 Å². The molecule has 1 aromatic carbocycles. The Kier molecular flexibility index (Phi) is 6.26. The van der Waals surface area contributed by atoms with E-state index in [0.29, 0.717) is 12.5 Å². The molecule has 2 heterocycles. The van der Waals surface area contributed by atoms with Crippen molar-refractivity contribution >= 4 is 34.5 Å². The number of aliphatic imine (C=N–C) groups is 2. The molecule has 0 saturated carbocycles. The molecule has 20 heavy (non-hydrogen) atoms. The fourth-order valence-corrected chi connectivity index (χ4v) is 1.92. The Bertz CT molecular complexity index is 464. The molecule has 0 amide bonds. The van der Waals surface area contributed by atoms with E-state index < -0.39 is 0 Å². The van der Waals surface area contributed by atoms with Crippen LogP contribution in [0.15, 0.2) is 40.3 Å². The molecule has 5 nitrogen and oxygen atoms in total. The number of halogens is 2. The van der Waals surface area contributed by atoms with Gasteiger partial charge in [-0.05, 0) is 11.6 Å². The lowest BCUT2D eigenvalue weighted by molar-refractivity contribution is -0.0334. The molecule has 0 spiro atoms. The minimum atomic E-state index is 0.237. The second-order valence-electron chi connectivity index (χ2n) is 3.96. The predicted molar refractivity (Wildman–Crippen MR) is 80.5 cm³/mol. The van der Waals surface area contributed by atoms with E-state index in [-0.39, 0.29) is 5.29 Å². The van der Waals surface area contributed by atoms with Gasteiger partial charge in [-0.15, -0.1) is 0 Å². The van der Waals surface area contributed by atoms with Crippen LogP contribution in [-0.4, -0.2) is 48.6 Å². The van der Waals surface area contributed by atoms with Gasteiger partial charge in [0.25, 0.3) is 0 Å². The van der Waals surface area contributed by atoms with Crippen molar-refractivity contribution < 1.29 is 9.47 Å². The Balaban J connectivity index is 0.000000205. The van der Waals surface area contributed by atoms with Gasteiger partial charge in [-0.2, -0.15) is 4.99 Å². The van der Waals surface area contributed by atoms with Crippen molar-refractivity contribution in [3.8, 4) is 0 Å². The van der Waals surface area contributed by atoms with Crippen LogP contribution in [0.5, 0.6) is 0 Å². The first-order valence-corrected chi connectivity index (χ1v) is 6.92. The second kappa shape index (κ2) is 8.21. The summed E-state index contributed by atoms with van der Waals surface area (Å²) >= 11 is 11.6. The molecule has 0 bridgehead atoms. The second-order valence-corrected chi connectivity index (χ2v) is 4.70. The van der Waals surface area contributed by atoms with Crippen LogP contribution in [0.25, 0.3) is 0 Å². The lowest BCUT2D eigenvalue weighted by atomic mass is 10.2. The lowest BCUT2D eigenvalue weighted by Crippen LogP contribution is -2.27. The van der Waals surface area contributed by atoms with Crippen molar-refractivity contribution in [2.75, 3.05) is 33.1 Å². The molecule has 0 N–H and O–H groups in total. The summed E-state index contributed by atoms with van der Waals surface area (Å²) in [6.07, 6.45) is 0. The summed E-state index contributed by atoms with van der Waals surface area (Å²) in [6.45, 7) is 3.44. The molecule has 7 heteroatoms. The average molecular weight is 316 g/mol. The van der Waals surface area contributed by atoms with Gasteiger partial charge in [0.05, 0.1) is 26.4 Å². The van der Waals surface area contributed by atoms with Gasteiger partial charge in [-0.1, -0.05) is 30.3 Å². The highest BCUT2D eigenvalue weighted by molar-refractivity contribution is 6.66. The number of amidine groups is 2. The van der Waals surface area contributed by atoms with Crippen LogP contribution in [0.3, 0.4) is 0 Å². The van der Waals surface area contributed by atoms with Crippen LogP contribution >= 0.6 is 23.4 Å². The van der Waals surface area contributed by atoms with E-state index >= 15 is 0 Å². The topological polar surface area (TPSA) is 46.4 Å². The number of hydrogen-bond acceptors (Lipinski definition) is 5. The molecule has 1 saturated heterocycles. The summed E-state index contributed by atoms with van der Waals surface area (Å²) < 4.78 is 11.3. The van der Waals surface area contributed by atoms with Crippen molar-refractivity contribution in [3.63, 3.8) is 0 Å². The molecule has 2 aliphatic rings. The number of hydrogen-bond donors (Lipinski definition) is 0. The van der Waals surface area contributed by atoms with Crippen molar-refractivity contribution in [2.24, 2.45) is 9.98 Å². The number of nitrogens with zero attached hydrogens (tertiary/aromatic N) is 3. The molecule has 2 aliphatic heterocycles. The van der Waals surface area contributed by atoms with Gasteiger partial charge in [0.15, 0.2) is 5.84 Å². The van der Waals surface area contributed by atoms with Gasteiger partial charge in [0, 0.05) is 17.3 Å². The zero-order valence-corrected chi connectivity index (χ0v) is 12.3. The quantitative estimate of drug-likeness (QED) is 0.591. The van der Waals surface area contributed by atoms with Gasteiger partial charge < -0.3 is 9.47 Å². The summed E-state index contributed by atoms with van der Waals surface area (Å²) in [4.78, 5) is 7.93. The third-order valence-electron chi connectivity index (χ3n) is 2.53. The zero-order chi connectivity index (χ0) is 14.2. The molecule has 0 aliphatic carbocycles. The van der Waals surface area contributed by atoms with Crippen molar-refractivity contribution in [2.45, 2.75) is 0 Å². The molecular formula is C13H15Cl2N3O2. The van der Waals surface area contributed by atoms with E-state index in [1.807, 2.05) is 30.3 Å². The highest BCUT2D eigenvalue weighted by atomic mass is 35.5. The Labute approximate surface area is 127 Å². The summed E-state index contributed by atoms with van der Waals surface area (Å²) in [7, 11) is 0. The van der Waals surface area contributed by atoms with E-state index in [4.69, 9.17) is 32.9 Å². The van der Waals surface area contributed by atoms with E-state index in [2.05, 4.69) is 9.98 Å². The van der Waals surface area contributed by atoms with Gasteiger partial charge in [-0.25, -0.2) is 9.41 Å². The maximum atomic E-state index is 5.92. The Hall–Kier alpha value is -1.14. The summed E-state index contributed by atoms with van der Waals surface area (Å²) in [5.41, 5.74) is 0.926. The van der Waals surface area contributed by atoms with Crippen LogP contribution in [0.4, 0.5) is 0 Å². The standard InChI is InChI=1S/C9H7Cl2N3.C4H8O2/c10-9-12-6-14(11)8(13-9)7-4-2-1-3-5-7;1-2-6-4-3-5-1/h1-5H,6H2;1-4H2. The Morgan fingerprint density at radius 3 is 2.15 bits per heavy atom. The largest absolute Gasteiger partial charge is 0.377 e. The summed E-state index contributed by atoms with van der Waals surface area (Å²) in [6, 6.07) is 9.61. The first kappa shape index (κ1) is 15.3. The maximum Gasteiger partial charge on any atom is 0.221 e. The molecule has 0 unspecified atom stereocenters. The van der Waals surface area contributed by atoms with Gasteiger partial charge >= 0.3 is 0 Å². The van der Waals surface area contributed by atoms with E-state index in [1.54, 1.807) is 0 Å². The van der Waals surface area contributed by atoms with E-state index in [1.165, 1.54) is 4.42 Å². The molecular weight excluding hydrogens is 301 g/mol. The maximum absolute atomic E-state index is 5.92. The van der Waals surface area contributed by atoms with E-state index in [0.717, 1.165) is 32.0 Å². The predicted octanol–water partition coefficient (Wildman–Crippen LogP) is 2.49. The first-order chi connectivity index (χ1) is 9.77. The number of benzene rings is 1. The highest BCUT2D eigenvalue weighted by Crippen LogP contribution is 2.13. The molecule has 1 fully saturated rings. The third kappa shape index (κ3) is 4.76. The smallest absolute Gasteiger partial charge is 0.221 e. The van der Waals surface area contributed by atoms with Crippen LogP contribution in [0.1, 0.15) is 5.56 Å². The fourth-order valence-electron chi connectivity index (χ4n) is 1.60.